The number of carbonyl (C=O) groups excluding carboxylic acids is 2. The van der Waals surface area contributed by atoms with Crippen molar-refractivity contribution in [1.29, 1.82) is 5.41 Å². The van der Waals surface area contributed by atoms with E-state index in [-0.39, 0.29) is 5.91 Å². The Kier molecular flexibility index (Phi) is 10.4. The molecule has 0 atom stereocenters. The molecule has 0 bridgehead atoms. The topological polar surface area (TPSA) is 130 Å². The molecule has 1 heterocycles. The van der Waals surface area contributed by atoms with Crippen LogP contribution in [0.5, 0.6) is 5.75 Å². The summed E-state index contributed by atoms with van der Waals surface area (Å²) in [6.45, 7) is 7.70. The lowest BCUT2D eigenvalue weighted by molar-refractivity contribution is -0.116. The number of aromatic nitrogens is 2. The molecule has 0 spiro atoms. The fourth-order valence-corrected chi connectivity index (χ4v) is 4.46. The average molecular weight is 617 g/mol. The summed E-state index contributed by atoms with van der Waals surface area (Å²) in [4.78, 5) is 35.9. The molecule has 0 aliphatic rings. The Morgan fingerprint density at radius 3 is 2.55 bits per heavy atom. The minimum absolute atomic E-state index is 0.0568. The van der Waals surface area contributed by atoms with Gasteiger partial charge < -0.3 is 25.5 Å². The number of fused-ring (bicyclic) bond motifs is 1. The summed E-state index contributed by atoms with van der Waals surface area (Å²) in [7, 11) is 1.61. The summed E-state index contributed by atoms with van der Waals surface area (Å²) >= 11 is 5.83. The fraction of sp³-hybridized carbons (Fsp3) is 0.303. The zero-order valence-corrected chi connectivity index (χ0v) is 26.3. The average Bonchev–Trinajstić information content (AvgIpc) is 2.99. The highest BCUT2D eigenvalue weighted by atomic mass is 35.5. The minimum Gasteiger partial charge on any atom is -0.492 e. The van der Waals surface area contributed by atoms with E-state index in [0.29, 0.717) is 69.8 Å². The van der Waals surface area contributed by atoms with Crippen LogP contribution in [0.3, 0.4) is 0 Å². The first-order valence-electron chi connectivity index (χ1n) is 14.3. The standard InChI is InChI=1S/C33H37ClN6O4/c1-6-8-29(41)36-23-10-7-9-21(17-23)30-38-27-13-12-25(43-16-15-34)19-26(27)31(39-30)37-24-11-14-28(22(18-24)20-35)40(5)32(42)44-33(2,3)4/h7,9-14,17-20,35H,6,8,15-16H2,1-5H3,(H,36,41)(H,37,38,39). The lowest BCUT2D eigenvalue weighted by Crippen LogP contribution is -2.34. The largest absolute Gasteiger partial charge is 0.492 e. The van der Waals surface area contributed by atoms with Gasteiger partial charge in [0.15, 0.2) is 5.82 Å². The maximum atomic E-state index is 12.7. The molecule has 2 amide bonds. The van der Waals surface area contributed by atoms with Gasteiger partial charge in [-0.1, -0.05) is 19.1 Å². The Hall–Kier alpha value is -4.70. The second-order valence-electron chi connectivity index (χ2n) is 11.1. The van der Waals surface area contributed by atoms with E-state index in [0.717, 1.165) is 12.0 Å². The van der Waals surface area contributed by atoms with E-state index >= 15 is 0 Å². The van der Waals surface area contributed by atoms with Crippen molar-refractivity contribution in [2.75, 3.05) is 35.1 Å². The summed E-state index contributed by atoms with van der Waals surface area (Å²) in [5.41, 5.74) is 3.06. The van der Waals surface area contributed by atoms with E-state index in [1.165, 1.54) is 11.1 Å². The molecular weight excluding hydrogens is 580 g/mol. The van der Waals surface area contributed by atoms with Gasteiger partial charge in [0, 0.05) is 47.6 Å². The van der Waals surface area contributed by atoms with Crippen LogP contribution in [0.2, 0.25) is 0 Å². The highest BCUT2D eigenvalue weighted by Gasteiger charge is 2.22. The van der Waals surface area contributed by atoms with Crippen molar-refractivity contribution in [2.45, 2.75) is 46.1 Å². The van der Waals surface area contributed by atoms with Crippen LogP contribution in [-0.4, -0.2) is 53.3 Å². The van der Waals surface area contributed by atoms with E-state index in [4.69, 9.17) is 36.5 Å². The highest BCUT2D eigenvalue weighted by Crippen LogP contribution is 2.32. The van der Waals surface area contributed by atoms with Crippen LogP contribution >= 0.6 is 11.6 Å². The van der Waals surface area contributed by atoms with Crippen molar-refractivity contribution in [3.8, 4) is 17.1 Å². The Balaban J connectivity index is 1.74. The van der Waals surface area contributed by atoms with Crippen molar-refractivity contribution in [3.05, 3.63) is 66.2 Å². The summed E-state index contributed by atoms with van der Waals surface area (Å²) in [6.07, 6.45) is 1.85. The molecule has 11 heteroatoms. The molecule has 44 heavy (non-hydrogen) atoms. The van der Waals surface area contributed by atoms with Crippen LogP contribution in [0.25, 0.3) is 22.3 Å². The van der Waals surface area contributed by atoms with E-state index < -0.39 is 11.7 Å². The maximum Gasteiger partial charge on any atom is 0.414 e. The molecule has 1 aromatic heterocycles. The Morgan fingerprint density at radius 1 is 1.05 bits per heavy atom. The molecule has 0 fully saturated rings. The fourth-order valence-electron chi connectivity index (χ4n) is 4.38. The third kappa shape index (κ3) is 8.23. The second-order valence-corrected chi connectivity index (χ2v) is 11.5. The molecule has 10 nitrogen and oxygen atoms in total. The lowest BCUT2D eigenvalue weighted by Gasteiger charge is -2.25. The molecule has 0 saturated carbocycles. The molecule has 0 radical (unpaired) electrons. The first-order chi connectivity index (χ1) is 21.0. The van der Waals surface area contributed by atoms with Crippen LogP contribution in [0.1, 0.15) is 46.1 Å². The Labute approximate surface area is 262 Å². The molecule has 0 aliphatic carbocycles. The number of nitrogens with one attached hydrogen (secondary N) is 3. The number of rotatable bonds is 11. The lowest BCUT2D eigenvalue weighted by atomic mass is 10.1. The number of halogens is 1. The first-order valence-corrected chi connectivity index (χ1v) is 14.8. The SMILES string of the molecule is CCCC(=O)Nc1cccc(-c2nc(Nc3ccc(N(C)C(=O)OC(C)(C)C)c(C=N)c3)c3cc(OCCCl)ccc3n2)c1. The summed E-state index contributed by atoms with van der Waals surface area (Å²) < 4.78 is 11.3. The minimum atomic E-state index is -0.656. The van der Waals surface area contributed by atoms with Gasteiger partial charge in [0.25, 0.3) is 0 Å². The molecule has 230 valence electrons. The quantitative estimate of drug-likeness (QED) is 0.116. The van der Waals surface area contributed by atoms with Gasteiger partial charge >= 0.3 is 6.09 Å². The predicted molar refractivity (Wildman–Crippen MR) is 177 cm³/mol. The van der Waals surface area contributed by atoms with Crippen LogP contribution in [-0.2, 0) is 9.53 Å². The third-order valence-electron chi connectivity index (χ3n) is 6.37. The zero-order chi connectivity index (χ0) is 31.9. The van der Waals surface area contributed by atoms with Gasteiger partial charge in [0.1, 0.15) is 23.8 Å². The zero-order valence-electron chi connectivity index (χ0n) is 25.5. The molecular formula is C33H37ClN6O4. The number of alkyl halides is 1. The van der Waals surface area contributed by atoms with Gasteiger partial charge in [0.2, 0.25) is 5.91 Å². The number of ether oxygens (including phenoxy) is 2. The van der Waals surface area contributed by atoms with Crippen LogP contribution in [0, 0.1) is 5.41 Å². The molecule has 4 aromatic rings. The normalized spacial score (nSPS) is 11.1. The number of amides is 2. The summed E-state index contributed by atoms with van der Waals surface area (Å²) in [5, 5.41) is 15.0. The van der Waals surface area contributed by atoms with E-state index in [1.807, 2.05) is 49.4 Å². The summed E-state index contributed by atoms with van der Waals surface area (Å²) in [6, 6.07) is 18.2. The number of carbonyl (C=O) groups is 2. The van der Waals surface area contributed by atoms with Crippen molar-refractivity contribution >= 4 is 63.6 Å². The van der Waals surface area contributed by atoms with Gasteiger partial charge in [-0.15, -0.1) is 11.6 Å². The number of nitrogens with zero attached hydrogens (tertiary/aromatic N) is 3. The van der Waals surface area contributed by atoms with Crippen molar-refractivity contribution in [3.63, 3.8) is 0 Å². The summed E-state index contributed by atoms with van der Waals surface area (Å²) in [5.74, 6) is 1.87. The number of hydrogen-bond donors (Lipinski definition) is 3. The van der Waals surface area contributed by atoms with Gasteiger partial charge in [0.05, 0.1) is 17.1 Å². The maximum absolute atomic E-state index is 12.7. The smallest absolute Gasteiger partial charge is 0.414 e. The molecule has 4 rings (SSSR count). The Bertz CT molecular complexity index is 1670. The van der Waals surface area contributed by atoms with Crippen LogP contribution < -0.4 is 20.3 Å². The highest BCUT2D eigenvalue weighted by molar-refractivity contribution is 6.18. The third-order valence-corrected chi connectivity index (χ3v) is 6.52. The molecule has 0 saturated heterocycles. The van der Waals surface area contributed by atoms with E-state index in [2.05, 4.69) is 10.6 Å². The van der Waals surface area contributed by atoms with E-state index in [1.54, 1.807) is 46.0 Å². The second kappa shape index (κ2) is 14.2. The number of hydrogen-bond acceptors (Lipinski definition) is 8. The number of benzene rings is 3. The van der Waals surface area contributed by atoms with Gasteiger partial charge in [-0.05, 0) is 75.7 Å². The van der Waals surface area contributed by atoms with Gasteiger partial charge in [-0.2, -0.15) is 0 Å². The molecule has 0 aliphatic heterocycles. The van der Waals surface area contributed by atoms with Gasteiger partial charge in [-0.25, -0.2) is 14.8 Å². The van der Waals surface area contributed by atoms with Crippen LogP contribution in [0.4, 0.5) is 27.7 Å². The monoisotopic (exact) mass is 616 g/mol. The van der Waals surface area contributed by atoms with Crippen molar-refractivity contribution < 1.29 is 19.1 Å². The van der Waals surface area contributed by atoms with Crippen molar-refractivity contribution in [1.82, 2.24) is 9.97 Å². The number of anilines is 4. The molecule has 3 aromatic carbocycles. The predicted octanol–water partition coefficient (Wildman–Crippen LogP) is 7.77. The van der Waals surface area contributed by atoms with Crippen molar-refractivity contribution in [2.24, 2.45) is 0 Å². The molecule has 0 unspecified atom stereocenters. The molecule has 3 N–H and O–H groups in total. The van der Waals surface area contributed by atoms with Crippen LogP contribution in [0.15, 0.2) is 60.7 Å². The first kappa shape index (κ1) is 32.2. The Morgan fingerprint density at radius 2 is 1.84 bits per heavy atom. The van der Waals surface area contributed by atoms with Gasteiger partial charge in [-0.3, -0.25) is 9.69 Å². The van der Waals surface area contributed by atoms with E-state index in [9.17, 15) is 9.59 Å².